The SMILES string of the molecule is O=S(Nc1ccc(Cl)c2c(Cl)c[nH]c12)c1ccc(OC(F)F)c(F)c1. The van der Waals surface area contributed by atoms with Crippen molar-refractivity contribution in [3.8, 4) is 5.75 Å². The van der Waals surface area contributed by atoms with Gasteiger partial charge in [-0.2, -0.15) is 8.78 Å². The lowest BCUT2D eigenvalue weighted by Crippen LogP contribution is -2.07. The lowest BCUT2D eigenvalue weighted by atomic mass is 10.2. The summed E-state index contributed by atoms with van der Waals surface area (Å²) in [6.07, 6.45) is 1.53. The third-order valence-corrected chi connectivity index (χ3v) is 4.97. The molecule has 0 radical (unpaired) electrons. The highest BCUT2D eigenvalue weighted by molar-refractivity contribution is 7.86. The number of benzene rings is 2. The molecule has 0 saturated heterocycles. The minimum absolute atomic E-state index is 0.0415. The van der Waals surface area contributed by atoms with E-state index < -0.39 is 29.2 Å². The topological polar surface area (TPSA) is 54.1 Å². The van der Waals surface area contributed by atoms with Gasteiger partial charge in [-0.15, -0.1) is 0 Å². The summed E-state index contributed by atoms with van der Waals surface area (Å²) in [5.74, 6) is -1.67. The minimum atomic E-state index is -3.15. The molecule has 0 fully saturated rings. The van der Waals surface area contributed by atoms with Crippen LogP contribution in [0.4, 0.5) is 18.9 Å². The van der Waals surface area contributed by atoms with Crippen molar-refractivity contribution in [1.82, 2.24) is 4.98 Å². The second-order valence-electron chi connectivity index (χ2n) is 4.82. The number of H-pyrrole nitrogens is 1. The van der Waals surface area contributed by atoms with Gasteiger partial charge in [0.1, 0.15) is 11.0 Å². The Morgan fingerprint density at radius 3 is 2.60 bits per heavy atom. The molecular weight excluding hydrogens is 400 g/mol. The first kappa shape index (κ1) is 17.9. The number of fused-ring (bicyclic) bond motifs is 1. The van der Waals surface area contributed by atoms with Crippen molar-refractivity contribution < 1.29 is 22.1 Å². The summed E-state index contributed by atoms with van der Waals surface area (Å²) in [4.78, 5) is 2.95. The fourth-order valence-corrected chi connectivity index (χ4v) is 3.65. The zero-order valence-corrected chi connectivity index (χ0v) is 14.5. The van der Waals surface area contributed by atoms with Crippen molar-refractivity contribution in [3.63, 3.8) is 0 Å². The van der Waals surface area contributed by atoms with Gasteiger partial charge in [-0.05, 0) is 30.3 Å². The smallest absolute Gasteiger partial charge is 0.387 e. The molecule has 0 amide bonds. The van der Waals surface area contributed by atoms with Gasteiger partial charge in [0.2, 0.25) is 0 Å². The van der Waals surface area contributed by atoms with Gasteiger partial charge in [0.05, 0.1) is 26.1 Å². The van der Waals surface area contributed by atoms with Crippen LogP contribution in [0.3, 0.4) is 0 Å². The number of aromatic nitrogens is 1. The van der Waals surface area contributed by atoms with Gasteiger partial charge in [0.25, 0.3) is 0 Å². The maximum Gasteiger partial charge on any atom is 0.387 e. The third kappa shape index (κ3) is 3.70. The summed E-state index contributed by atoms with van der Waals surface area (Å²) < 4.78 is 57.2. The molecule has 1 heterocycles. The van der Waals surface area contributed by atoms with Crippen LogP contribution < -0.4 is 9.46 Å². The minimum Gasteiger partial charge on any atom is -0.432 e. The molecule has 4 nitrogen and oxygen atoms in total. The molecular formula is C15H9Cl2F3N2O2S. The lowest BCUT2D eigenvalue weighted by Gasteiger charge is -2.10. The molecule has 0 aliphatic heterocycles. The molecule has 0 saturated carbocycles. The van der Waals surface area contributed by atoms with Crippen molar-refractivity contribution in [2.45, 2.75) is 11.5 Å². The second kappa shape index (κ2) is 7.15. The number of halogens is 5. The average molecular weight is 409 g/mol. The van der Waals surface area contributed by atoms with Gasteiger partial charge in [-0.1, -0.05) is 23.2 Å². The van der Waals surface area contributed by atoms with E-state index in [1.807, 2.05) is 0 Å². The molecule has 0 bridgehead atoms. The maximum absolute atomic E-state index is 13.8. The van der Waals surface area contributed by atoms with E-state index in [1.54, 1.807) is 12.1 Å². The summed E-state index contributed by atoms with van der Waals surface area (Å²) in [6.45, 7) is -3.15. The number of anilines is 1. The summed E-state index contributed by atoms with van der Waals surface area (Å²) >= 11 is 12.1. The normalized spacial score (nSPS) is 12.6. The third-order valence-electron chi connectivity index (χ3n) is 3.27. The van der Waals surface area contributed by atoms with Crippen LogP contribution in [0.15, 0.2) is 41.4 Å². The molecule has 3 rings (SSSR count). The van der Waals surface area contributed by atoms with E-state index in [-0.39, 0.29) is 4.90 Å². The Morgan fingerprint density at radius 1 is 1.16 bits per heavy atom. The predicted molar refractivity (Wildman–Crippen MR) is 91.4 cm³/mol. The highest BCUT2D eigenvalue weighted by Crippen LogP contribution is 2.35. The van der Waals surface area contributed by atoms with E-state index in [9.17, 15) is 17.4 Å². The fraction of sp³-hybridized carbons (Fsp3) is 0.0667. The van der Waals surface area contributed by atoms with E-state index in [1.165, 1.54) is 12.3 Å². The van der Waals surface area contributed by atoms with Crippen LogP contribution in [-0.2, 0) is 11.0 Å². The number of nitrogens with one attached hydrogen (secondary N) is 2. The van der Waals surface area contributed by atoms with E-state index >= 15 is 0 Å². The molecule has 25 heavy (non-hydrogen) atoms. The van der Waals surface area contributed by atoms with E-state index in [0.29, 0.717) is 26.6 Å². The largest absolute Gasteiger partial charge is 0.432 e. The van der Waals surface area contributed by atoms with Crippen molar-refractivity contribution in [2.75, 3.05) is 4.72 Å². The predicted octanol–water partition coefficient (Wildman–Crippen LogP) is 5.35. The molecule has 1 unspecified atom stereocenters. The van der Waals surface area contributed by atoms with Crippen LogP contribution in [0.25, 0.3) is 10.9 Å². The van der Waals surface area contributed by atoms with Crippen molar-refractivity contribution >= 4 is 50.8 Å². The zero-order valence-electron chi connectivity index (χ0n) is 12.2. The zero-order chi connectivity index (χ0) is 18.1. The molecule has 1 aromatic heterocycles. The van der Waals surface area contributed by atoms with Gasteiger partial charge in [-0.25, -0.2) is 8.60 Å². The Bertz CT molecular complexity index is 965. The number of aromatic amines is 1. The van der Waals surface area contributed by atoms with Crippen molar-refractivity contribution in [3.05, 3.63) is 52.4 Å². The Hall–Kier alpha value is -1.90. The summed E-state index contributed by atoms with van der Waals surface area (Å²) in [5, 5.41) is 1.36. The van der Waals surface area contributed by atoms with Crippen molar-refractivity contribution in [1.29, 1.82) is 0 Å². The Labute approximate surface area is 152 Å². The average Bonchev–Trinajstić information content (AvgIpc) is 2.94. The van der Waals surface area contributed by atoms with Gasteiger partial charge in [0.15, 0.2) is 11.6 Å². The number of ether oxygens (including phenoxy) is 1. The Morgan fingerprint density at radius 2 is 1.92 bits per heavy atom. The van der Waals surface area contributed by atoms with E-state index in [0.717, 1.165) is 12.1 Å². The highest BCUT2D eigenvalue weighted by Gasteiger charge is 2.15. The first-order valence-corrected chi connectivity index (χ1v) is 8.65. The van der Waals surface area contributed by atoms with Gasteiger partial charge < -0.3 is 9.72 Å². The molecule has 0 aliphatic carbocycles. The lowest BCUT2D eigenvalue weighted by molar-refractivity contribution is -0.0522. The van der Waals surface area contributed by atoms with Gasteiger partial charge in [-0.3, -0.25) is 4.72 Å². The molecule has 0 aliphatic rings. The summed E-state index contributed by atoms with van der Waals surface area (Å²) in [6, 6.07) is 6.22. The molecule has 10 heteroatoms. The molecule has 3 aromatic rings. The monoisotopic (exact) mass is 408 g/mol. The second-order valence-corrected chi connectivity index (χ2v) is 6.85. The quantitative estimate of drug-likeness (QED) is 0.597. The van der Waals surface area contributed by atoms with Crippen LogP contribution >= 0.6 is 23.2 Å². The molecule has 2 aromatic carbocycles. The Balaban J connectivity index is 1.88. The van der Waals surface area contributed by atoms with Gasteiger partial charge in [0, 0.05) is 11.6 Å². The van der Waals surface area contributed by atoms with Crippen LogP contribution in [0, 0.1) is 5.82 Å². The first-order chi connectivity index (χ1) is 11.9. The van der Waals surface area contributed by atoms with Crippen molar-refractivity contribution in [2.24, 2.45) is 0 Å². The first-order valence-electron chi connectivity index (χ1n) is 6.74. The Kier molecular flexibility index (Phi) is 5.12. The summed E-state index contributed by atoms with van der Waals surface area (Å²) in [7, 11) is -1.86. The molecule has 1 atom stereocenters. The maximum atomic E-state index is 13.8. The van der Waals surface area contributed by atoms with E-state index in [4.69, 9.17) is 23.2 Å². The summed E-state index contributed by atoms with van der Waals surface area (Å²) in [5.41, 5.74) is 0.960. The highest BCUT2D eigenvalue weighted by atomic mass is 35.5. The number of rotatable bonds is 5. The number of hydrogen-bond donors (Lipinski definition) is 2. The standard InChI is InChI=1S/C15H9Cl2F3N2O2S/c16-8-2-3-11(14-13(8)9(17)6-21-14)22-25(23)7-1-4-12(10(18)5-7)24-15(19)20/h1-6,15,21-22H. The fourth-order valence-electron chi connectivity index (χ4n) is 2.20. The molecule has 0 spiro atoms. The van der Waals surface area contributed by atoms with Gasteiger partial charge >= 0.3 is 6.61 Å². The van der Waals surface area contributed by atoms with Crippen LogP contribution in [0.2, 0.25) is 10.0 Å². The number of alkyl halides is 2. The van der Waals surface area contributed by atoms with E-state index in [2.05, 4.69) is 14.4 Å². The molecule has 132 valence electrons. The van der Waals surface area contributed by atoms with Crippen LogP contribution in [0.5, 0.6) is 5.75 Å². The van der Waals surface area contributed by atoms with Crippen LogP contribution in [0.1, 0.15) is 0 Å². The number of hydrogen-bond acceptors (Lipinski definition) is 2. The van der Waals surface area contributed by atoms with Crippen LogP contribution in [-0.4, -0.2) is 15.8 Å². The molecule has 2 N–H and O–H groups in total.